The molecule has 0 heterocycles. The molecule has 2 N–H and O–H groups in total. The molecular weight excluding hydrogens is 170 g/mol. The molecule has 2 unspecified atom stereocenters. The van der Waals surface area contributed by atoms with Crippen LogP contribution in [0.25, 0.3) is 0 Å². The Kier molecular flexibility index (Phi) is 2.36. The highest BCUT2D eigenvalue weighted by Crippen LogP contribution is 2.43. The van der Waals surface area contributed by atoms with Gasteiger partial charge in [-0.25, -0.2) is 0 Å². The predicted octanol–water partition coefficient (Wildman–Crippen LogP) is 3.14. The van der Waals surface area contributed by atoms with Crippen molar-refractivity contribution in [2.24, 2.45) is 11.7 Å². The summed E-state index contributed by atoms with van der Waals surface area (Å²) in [5, 5.41) is 0. The summed E-state index contributed by atoms with van der Waals surface area (Å²) in [6.07, 6.45) is 1.12. The van der Waals surface area contributed by atoms with Gasteiger partial charge in [0, 0.05) is 6.04 Å². The normalized spacial score (nSPS) is 25.5. The summed E-state index contributed by atoms with van der Waals surface area (Å²) >= 11 is 0. The van der Waals surface area contributed by atoms with Crippen molar-refractivity contribution < 1.29 is 0 Å². The van der Waals surface area contributed by atoms with Crippen LogP contribution in [0.3, 0.4) is 0 Å². The fourth-order valence-corrected chi connectivity index (χ4v) is 2.51. The number of rotatable bonds is 1. The minimum absolute atomic E-state index is 0.261. The van der Waals surface area contributed by atoms with Crippen molar-refractivity contribution in [2.75, 3.05) is 0 Å². The molecule has 0 saturated heterocycles. The summed E-state index contributed by atoms with van der Waals surface area (Å²) in [5.74, 6) is 1.37. The van der Waals surface area contributed by atoms with Crippen LogP contribution in [0.2, 0.25) is 0 Å². The van der Waals surface area contributed by atoms with Crippen molar-refractivity contribution >= 4 is 0 Å². The van der Waals surface area contributed by atoms with Gasteiger partial charge < -0.3 is 5.73 Å². The lowest BCUT2D eigenvalue weighted by Gasteiger charge is -2.15. The Morgan fingerprint density at radius 3 is 2.64 bits per heavy atom. The number of aryl methyl sites for hydroxylation is 1. The first-order chi connectivity index (χ1) is 6.59. The minimum atomic E-state index is 0.261. The molecule has 0 radical (unpaired) electrons. The number of fused-ring (bicyclic) bond motifs is 1. The third-order valence-electron chi connectivity index (χ3n) is 3.35. The average molecular weight is 189 g/mol. The summed E-state index contributed by atoms with van der Waals surface area (Å²) in [7, 11) is 0. The minimum Gasteiger partial charge on any atom is -0.324 e. The van der Waals surface area contributed by atoms with Crippen molar-refractivity contribution in [2.45, 2.75) is 39.2 Å². The van der Waals surface area contributed by atoms with Gasteiger partial charge in [0.1, 0.15) is 0 Å². The van der Waals surface area contributed by atoms with E-state index in [1.807, 2.05) is 0 Å². The molecule has 1 nitrogen and oxygen atoms in total. The van der Waals surface area contributed by atoms with Crippen LogP contribution in [0, 0.1) is 12.8 Å². The van der Waals surface area contributed by atoms with Gasteiger partial charge in [-0.3, -0.25) is 0 Å². The van der Waals surface area contributed by atoms with Crippen molar-refractivity contribution in [3.63, 3.8) is 0 Å². The lowest BCUT2D eigenvalue weighted by atomic mass is 9.90. The molecule has 1 aliphatic carbocycles. The van der Waals surface area contributed by atoms with E-state index < -0.39 is 0 Å². The summed E-state index contributed by atoms with van der Waals surface area (Å²) < 4.78 is 0. The fraction of sp³-hybridized carbons (Fsp3) is 0.538. The zero-order chi connectivity index (χ0) is 10.3. The third-order valence-corrected chi connectivity index (χ3v) is 3.35. The van der Waals surface area contributed by atoms with Crippen molar-refractivity contribution in [1.29, 1.82) is 0 Å². The summed E-state index contributed by atoms with van der Waals surface area (Å²) in [6, 6.07) is 6.98. The van der Waals surface area contributed by atoms with E-state index in [0.717, 1.165) is 6.42 Å². The Hall–Kier alpha value is -0.820. The molecular formula is C13H19N. The lowest BCUT2D eigenvalue weighted by Crippen LogP contribution is -2.07. The maximum atomic E-state index is 6.14. The molecule has 1 aromatic carbocycles. The molecule has 2 rings (SSSR count). The van der Waals surface area contributed by atoms with Gasteiger partial charge in [0.15, 0.2) is 0 Å². The topological polar surface area (TPSA) is 26.0 Å². The summed E-state index contributed by atoms with van der Waals surface area (Å²) in [5.41, 5.74) is 10.3. The van der Waals surface area contributed by atoms with E-state index in [1.54, 1.807) is 0 Å². The second-order valence-electron chi connectivity index (χ2n) is 4.83. The first-order valence-corrected chi connectivity index (χ1v) is 5.45. The van der Waals surface area contributed by atoms with Crippen molar-refractivity contribution in [3.05, 3.63) is 34.9 Å². The van der Waals surface area contributed by atoms with E-state index in [2.05, 4.69) is 39.0 Å². The maximum Gasteiger partial charge on any atom is 0.0303 e. The SMILES string of the molecule is Cc1ccc2c(c1)C(N)CC2C(C)C. The first kappa shape index (κ1) is 9.72. The first-order valence-electron chi connectivity index (χ1n) is 5.45. The third kappa shape index (κ3) is 1.46. The molecule has 0 spiro atoms. The van der Waals surface area contributed by atoms with Crippen LogP contribution in [-0.2, 0) is 0 Å². The maximum absolute atomic E-state index is 6.14. The monoisotopic (exact) mass is 189 g/mol. The molecule has 1 aromatic rings. The summed E-state index contributed by atoms with van der Waals surface area (Å²) in [6.45, 7) is 6.70. The van der Waals surface area contributed by atoms with Crippen LogP contribution < -0.4 is 5.73 Å². The van der Waals surface area contributed by atoms with Gasteiger partial charge in [0.05, 0.1) is 0 Å². The molecule has 1 aliphatic rings. The Bertz CT molecular complexity index is 341. The Labute approximate surface area is 86.3 Å². The molecule has 0 fully saturated rings. The van der Waals surface area contributed by atoms with Gasteiger partial charge in [-0.15, -0.1) is 0 Å². The second kappa shape index (κ2) is 3.39. The lowest BCUT2D eigenvalue weighted by molar-refractivity contribution is 0.470. The highest BCUT2D eigenvalue weighted by molar-refractivity contribution is 5.40. The molecule has 0 aromatic heterocycles. The Morgan fingerprint density at radius 2 is 2.00 bits per heavy atom. The van der Waals surface area contributed by atoms with Crippen molar-refractivity contribution in [3.8, 4) is 0 Å². The van der Waals surface area contributed by atoms with E-state index >= 15 is 0 Å². The van der Waals surface area contributed by atoms with Crippen LogP contribution in [0.15, 0.2) is 18.2 Å². The number of nitrogens with two attached hydrogens (primary N) is 1. The van der Waals surface area contributed by atoms with Gasteiger partial charge in [-0.2, -0.15) is 0 Å². The van der Waals surface area contributed by atoms with Crippen molar-refractivity contribution in [1.82, 2.24) is 0 Å². The number of hydrogen-bond acceptors (Lipinski definition) is 1. The van der Waals surface area contributed by atoms with Gasteiger partial charge >= 0.3 is 0 Å². The predicted molar refractivity (Wildman–Crippen MR) is 60.3 cm³/mol. The Balaban J connectivity index is 2.44. The van der Waals surface area contributed by atoms with E-state index in [-0.39, 0.29) is 6.04 Å². The number of benzene rings is 1. The molecule has 76 valence electrons. The standard InChI is InChI=1S/C13H19N/c1-8(2)11-7-13(14)12-6-9(3)4-5-10(11)12/h4-6,8,11,13H,7,14H2,1-3H3. The van der Waals surface area contributed by atoms with Crippen LogP contribution in [0.1, 0.15) is 48.9 Å². The quantitative estimate of drug-likeness (QED) is 0.721. The van der Waals surface area contributed by atoms with Gasteiger partial charge in [0.2, 0.25) is 0 Å². The fourth-order valence-electron chi connectivity index (χ4n) is 2.51. The van der Waals surface area contributed by atoms with E-state index in [1.165, 1.54) is 16.7 Å². The van der Waals surface area contributed by atoms with Gasteiger partial charge in [-0.05, 0) is 36.3 Å². The van der Waals surface area contributed by atoms with Crippen LogP contribution in [-0.4, -0.2) is 0 Å². The highest BCUT2D eigenvalue weighted by atomic mass is 14.7. The van der Waals surface area contributed by atoms with E-state index in [4.69, 9.17) is 5.73 Å². The van der Waals surface area contributed by atoms with Gasteiger partial charge in [-0.1, -0.05) is 37.6 Å². The van der Waals surface area contributed by atoms with Crippen LogP contribution >= 0.6 is 0 Å². The van der Waals surface area contributed by atoms with Crippen LogP contribution in [0.4, 0.5) is 0 Å². The zero-order valence-corrected chi connectivity index (χ0v) is 9.25. The number of hydrogen-bond donors (Lipinski definition) is 1. The Morgan fingerprint density at radius 1 is 1.29 bits per heavy atom. The van der Waals surface area contributed by atoms with Gasteiger partial charge in [0.25, 0.3) is 0 Å². The summed E-state index contributed by atoms with van der Waals surface area (Å²) in [4.78, 5) is 0. The molecule has 0 saturated carbocycles. The van der Waals surface area contributed by atoms with E-state index in [9.17, 15) is 0 Å². The van der Waals surface area contributed by atoms with E-state index in [0.29, 0.717) is 11.8 Å². The molecule has 0 bridgehead atoms. The highest BCUT2D eigenvalue weighted by Gasteiger charge is 2.30. The molecule has 1 heteroatoms. The second-order valence-corrected chi connectivity index (χ2v) is 4.83. The molecule has 0 aliphatic heterocycles. The smallest absolute Gasteiger partial charge is 0.0303 e. The molecule has 14 heavy (non-hydrogen) atoms. The largest absolute Gasteiger partial charge is 0.324 e. The molecule has 0 amide bonds. The molecule has 2 atom stereocenters. The zero-order valence-electron chi connectivity index (χ0n) is 9.25. The average Bonchev–Trinajstić information content (AvgIpc) is 2.44. The van der Waals surface area contributed by atoms with Crippen LogP contribution in [0.5, 0.6) is 0 Å².